The first kappa shape index (κ1) is 14.7. The highest BCUT2D eigenvalue weighted by atomic mass is 35.5. The summed E-state index contributed by atoms with van der Waals surface area (Å²) in [6, 6.07) is 2.34. The number of rotatable bonds is 4. The van der Waals surface area contributed by atoms with Crippen LogP contribution >= 0.6 is 23.2 Å². The number of pyridine rings is 1. The van der Waals surface area contributed by atoms with Crippen LogP contribution in [-0.4, -0.2) is 24.6 Å². The molecular formula is C14H21Cl2N3. The van der Waals surface area contributed by atoms with Crippen molar-refractivity contribution in [2.24, 2.45) is 0 Å². The quantitative estimate of drug-likeness (QED) is 0.881. The lowest BCUT2D eigenvalue weighted by Gasteiger charge is -2.37. The van der Waals surface area contributed by atoms with E-state index in [2.05, 4.69) is 22.1 Å². The summed E-state index contributed by atoms with van der Waals surface area (Å²) < 4.78 is 0. The Labute approximate surface area is 125 Å². The molecule has 1 aromatic heterocycles. The van der Waals surface area contributed by atoms with Gasteiger partial charge in [0.2, 0.25) is 0 Å². The van der Waals surface area contributed by atoms with Crippen LogP contribution in [0, 0.1) is 0 Å². The zero-order valence-electron chi connectivity index (χ0n) is 11.5. The van der Waals surface area contributed by atoms with Crippen molar-refractivity contribution in [1.82, 2.24) is 4.98 Å². The van der Waals surface area contributed by atoms with Crippen LogP contribution in [0.1, 0.15) is 39.0 Å². The molecule has 5 heteroatoms. The molecule has 0 aromatic carbocycles. The van der Waals surface area contributed by atoms with Crippen molar-refractivity contribution in [3.05, 3.63) is 16.1 Å². The molecule has 1 aromatic rings. The molecule has 0 bridgehead atoms. The van der Waals surface area contributed by atoms with E-state index in [1.165, 1.54) is 32.1 Å². The minimum Gasteiger partial charge on any atom is -0.372 e. The standard InChI is InChI=1S/C14H21Cl2N3/c1-3-6-10-7-4-5-8-19(10)14-12(16)9-11(15)13(17-2)18-14/h9-10H,3-8H2,1-2H3,(H,17,18). The highest BCUT2D eigenvalue weighted by Crippen LogP contribution is 2.35. The molecule has 0 aliphatic carbocycles. The number of halogens is 2. The van der Waals surface area contributed by atoms with Gasteiger partial charge < -0.3 is 10.2 Å². The van der Waals surface area contributed by atoms with E-state index in [1.807, 2.05) is 7.05 Å². The maximum Gasteiger partial charge on any atom is 0.150 e. The van der Waals surface area contributed by atoms with E-state index < -0.39 is 0 Å². The predicted molar refractivity (Wildman–Crippen MR) is 83.7 cm³/mol. The van der Waals surface area contributed by atoms with E-state index in [1.54, 1.807) is 6.07 Å². The first-order valence-electron chi connectivity index (χ1n) is 6.97. The Hall–Kier alpha value is -0.670. The smallest absolute Gasteiger partial charge is 0.150 e. The molecule has 1 aliphatic rings. The van der Waals surface area contributed by atoms with Crippen molar-refractivity contribution < 1.29 is 0 Å². The second-order valence-corrected chi connectivity index (χ2v) is 5.82. The lowest BCUT2D eigenvalue weighted by atomic mass is 9.98. The Balaban J connectivity index is 2.32. The maximum absolute atomic E-state index is 6.34. The fourth-order valence-electron chi connectivity index (χ4n) is 2.75. The lowest BCUT2D eigenvalue weighted by molar-refractivity contribution is 0.432. The Morgan fingerprint density at radius 3 is 2.84 bits per heavy atom. The van der Waals surface area contributed by atoms with E-state index >= 15 is 0 Å². The van der Waals surface area contributed by atoms with Gasteiger partial charge in [-0.2, -0.15) is 0 Å². The monoisotopic (exact) mass is 301 g/mol. The summed E-state index contributed by atoms with van der Waals surface area (Å²) in [5.41, 5.74) is 0. The summed E-state index contributed by atoms with van der Waals surface area (Å²) in [6.07, 6.45) is 6.10. The van der Waals surface area contributed by atoms with Gasteiger partial charge in [0.05, 0.1) is 10.0 Å². The summed E-state index contributed by atoms with van der Waals surface area (Å²) in [5.74, 6) is 1.57. The molecule has 0 saturated carbocycles. The van der Waals surface area contributed by atoms with Crippen LogP contribution < -0.4 is 10.2 Å². The van der Waals surface area contributed by atoms with Crippen molar-refractivity contribution in [1.29, 1.82) is 0 Å². The van der Waals surface area contributed by atoms with Crippen molar-refractivity contribution in [3.8, 4) is 0 Å². The second kappa shape index (κ2) is 6.67. The highest BCUT2D eigenvalue weighted by molar-refractivity contribution is 6.37. The molecule has 1 fully saturated rings. The van der Waals surface area contributed by atoms with Gasteiger partial charge in [0.1, 0.15) is 11.6 Å². The van der Waals surface area contributed by atoms with Gasteiger partial charge in [-0.3, -0.25) is 0 Å². The number of anilines is 2. The van der Waals surface area contributed by atoms with Crippen molar-refractivity contribution in [2.75, 3.05) is 23.8 Å². The number of nitrogens with zero attached hydrogens (tertiary/aromatic N) is 2. The van der Waals surface area contributed by atoms with Gasteiger partial charge in [-0.05, 0) is 31.7 Å². The van der Waals surface area contributed by atoms with Crippen LogP contribution in [0.2, 0.25) is 10.0 Å². The minimum atomic E-state index is 0.551. The van der Waals surface area contributed by atoms with Crippen molar-refractivity contribution in [2.45, 2.75) is 45.1 Å². The molecule has 1 atom stereocenters. The molecule has 3 nitrogen and oxygen atoms in total. The first-order chi connectivity index (χ1) is 9.17. The fraction of sp³-hybridized carbons (Fsp3) is 0.643. The zero-order chi connectivity index (χ0) is 13.8. The number of nitrogens with one attached hydrogen (secondary N) is 1. The SMILES string of the molecule is CCCC1CCCCN1c1nc(NC)c(Cl)cc1Cl. The Bertz CT molecular complexity index is 435. The predicted octanol–water partition coefficient (Wildman–Crippen LogP) is 4.59. The Morgan fingerprint density at radius 1 is 1.37 bits per heavy atom. The Kier molecular flexibility index (Phi) is 5.17. The third-order valence-corrected chi connectivity index (χ3v) is 4.24. The molecule has 2 heterocycles. The molecule has 0 amide bonds. The normalized spacial score (nSPS) is 19.6. The van der Waals surface area contributed by atoms with Gasteiger partial charge in [-0.1, -0.05) is 36.5 Å². The molecule has 0 spiro atoms. The van der Waals surface area contributed by atoms with Crippen molar-refractivity contribution >= 4 is 34.8 Å². The number of piperidine rings is 1. The minimum absolute atomic E-state index is 0.551. The van der Waals surface area contributed by atoms with Crippen LogP contribution in [0.25, 0.3) is 0 Å². The van der Waals surface area contributed by atoms with Gasteiger partial charge in [-0.25, -0.2) is 4.98 Å². The highest BCUT2D eigenvalue weighted by Gasteiger charge is 2.25. The molecular weight excluding hydrogens is 281 g/mol. The summed E-state index contributed by atoms with van der Waals surface area (Å²) in [4.78, 5) is 6.95. The lowest BCUT2D eigenvalue weighted by Crippen LogP contribution is -2.40. The molecule has 19 heavy (non-hydrogen) atoms. The third kappa shape index (κ3) is 3.26. The van der Waals surface area contributed by atoms with Gasteiger partial charge in [0.25, 0.3) is 0 Å². The summed E-state index contributed by atoms with van der Waals surface area (Å²) in [6.45, 7) is 3.25. The maximum atomic E-state index is 6.34. The molecule has 2 rings (SSSR count). The average Bonchev–Trinajstić information content (AvgIpc) is 2.40. The van der Waals surface area contributed by atoms with E-state index in [-0.39, 0.29) is 0 Å². The summed E-state index contributed by atoms with van der Waals surface area (Å²) in [7, 11) is 1.83. The topological polar surface area (TPSA) is 28.2 Å². The van der Waals surface area contributed by atoms with Gasteiger partial charge >= 0.3 is 0 Å². The number of hydrogen-bond donors (Lipinski definition) is 1. The largest absolute Gasteiger partial charge is 0.372 e. The summed E-state index contributed by atoms with van der Waals surface area (Å²) >= 11 is 12.5. The van der Waals surface area contributed by atoms with E-state index in [0.717, 1.165) is 12.4 Å². The zero-order valence-corrected chi connectivity index (χ0v) is 13.1. The van der Waals surface area contributed by atoms with Crippen LogP contribution in [0.4, 0.5) is 11.6 Å². The van der Waals surface area contributed by atoms with Crippen LogP contribution in [0.3, 0.4) is 0 Å². The molecule has 1 aliphatic heterocycles. The first-order valence-corrected chi connectivity index (χ1v) is 7.73. The fourth-order valence-corrected chi connectivity index (χ4v) is 3.31. The average molecular weight is 302 g/mol. The van der Waals surface area contributed by atoms with E-state index in [0.29, 0.717) is 21.9 Å². The number of hydrogen-bond acceptors (Lipinski definition) is 3. The van der Waals surface area contributed by atoms with E-state index in [4.69, 9.17) is 23.2 Å². The second-order valence-electron chi connectivity index (χ2n) is 5.01. The van der Waals surface area contributed by atoms with Gasteiger partial charge in [-0.15, -0.1) is 0 Å². The molecule has 1 unspecified atom stereocenters. The summed E-state index contributed by atoms with van der Waals surface area (Å²) in [5, 5.41) is 4.24. The molecule has 1 N–H and O–H groups in total. The third-order valence-electron chi connectivity index (χ3n) is 3.67. The van der Waals surface area contributed by atoms with Gasteiger partial charge in [0.15, 0.2) is 0 Å². The van der Waals surface area contributed by atoms with E-state index in [9.17, 15) is 0 Å². The van der Waals surface area contributed by atoms with Crippen LogP contribution in [0.5, 0.6) is 0 Å². The molecule has 106 valence electrons. The molecule has 1 saturated heterocycles. The van der Waals surface area contributed by atoms with Crippen LogP contribution in [-0.2, 0) is 0 Å². The van der Waals surface area contributed by atoms with Crippen molar-refractivity contribution in [3.63, 3.8) is 0 Å². The van der Waals surface area contributed by atoms with Gasteiger partial charge in [0, 0.05) is 19.6 Å². The Morgan fingerprint density at radius 2 is 2.16 bits per heavy atom. The van der Waals surface area contributed by atoms with Crippen LogP contribution in [0.15, 0.2) is 6.07 Å². The number of aromatic nitrogens is 1. The molecule has 0 radical (unpaired) electrons.